The van der Waals surface area contributed by atoms with E-state index in [0.29, 0.717) is 0 Å². The highest BCUT2D eigenvalue weighted by atomic mass is 127. The SMILES string of the molecule is Brc1ccc(-c2ccccc2)cc1.Ic1ccc(-c2ccccc2)cc1.NCCCN. The van der Waals surface area contributed by atoms with Gasteiger partial charge < -0.3 is 11.5 Å². The summed E-state index contributed by atoms with van der Waals surface area (Å²) in [5.74, 6) is 0. The number of hydrogen-bond acceptors (Lipinski definition) is 2. The topological polar surface area (TPSA) is 52.0 Å². The van der Waals surface area contributed by atoms with Crippen molar-refractivity contribution in [1.29, 1.82) is 0 Å². The quantitative estimate of drug-likeness (QED) is 0.245. The molecule has 31 heavy (non-hydrogen) atoms. The van der Waals surface area contributed by atoms with Gasteiger partial charge in [-0.3, -0.25) is 0 Å². The zero-order valence-electron chi connectivity index (χ0n) is 17.4. The first-order valence-electron chi connectivity index (χ1n) is 10.2. The number of hydrogen-bond donors (Lipinski definition) is 2. The molecule has 0 spiro atoms. The molecule has 0 aliphatic heterocycles. The molecule has 0 aliphatic rings. The first-order valence-corrected chi connectivity index (χ1v) is 12.0. The Kier molecular flexibility index (Phi) is 12.2. The summed E-state index contributed by atoms with van der Waals surface area (Å²) in [5, 5.41) is 0. The highest BCUT2D eigenvalue weighted by Crippen LogP contribution is 2.21. The van der Waals surface area contributed by atoms with Crippen molar-refractivity contribution in [3.63, 3.8) is 0 Å². The van der Waals surface area contributed by atoms with Crippen LogP contribution in [-0.2, 0) is 0 Å². The van der Waals surface area contributed by atoms with Crippen LogP contribution in [0.25, 0.3) is 22.3 Å². The van der Waals surface area contributed by atoms with Crippen molar-refractivity contribution in [2.24, 2.45) is 11.5 Å². The second-order valence-electron chi connectivity index (χ2n) is 6.68. The first-order chi connectivity index (χ1) is 15.1. The summed E-state index contributed by atoms with van der Waals surface area (Å²) in [7, 11) is 0. The van der Waals surface area contributed by atoms with Gasteiger partial charge in [-0.05, 0) is 88.6 Å². The first kappa shape index (κ1) is 25.3. The minimum atomic E-state index is 0.719. The maximum Gasteiger partial charge on any atom is 0.0175 e. The van der Waals surface area contributed by atoms with Crippen LogP contribution in [0.2, 0.25) is 0 Å². The van der Waals surface area contributed by atoms with E-state index >= 15 is 0 Å². The van der Waals surface area contributed by atoms with Gasteiger partial charge in [-0.1, -0.05) is 101 Å². The number of halogens is 2. The summed E-state index contributed by atoms with van der Waals surface area (Å²) >= 11 is 5.73. The van der Waals surface area contributed by atoms with Crippen LogP contribution in [-0.4, -0.2) is 13.1 Å². The Morgan fingerprint density at radius 1 is 0.516 bits per heavy atom. The van der Waals surface area contributed by atoms with Gasteiger partial charge in [-0.15, -0.1) is 0 Å². The Bertz CT molecular complexity index is 890. The third-order valence-corrected chi connectivity index (χ3v) is 5.56. The van der Waals surface area contributed by atoms with Crippen molar-refractivity contribution in [3.8, 4) is 22.3 Å². The van der Waals surface area contributed by atoms with E-state index in [9.17, 15) is 0 Å². The fourth-order valence-electron chi connectivity index (χ4n) is 2.66. The molecular formula is C27H28BrIN2. The lowest BCUT2D eigenvalue weighted by atomic mass is 10.1. The summed E-state index contributed by atoms with van der Waals surface area (Å²) in [4.78, 5) is 0. The third kappa shape index (κ3) is 9.78. The fraction of sp³-hybridized carbons (Fsp3) is 0.111. The lowest BCUT2D eigenvalue weighted by molar-refractivity contribution is 0.844. The Hall–Kier alpha value is -1.99. The molecule has 4 aromatic rings. The minimum absolute atomic E-state index is 0.719. The second-order valence-corrected chi connectivity index (χ2v) is 8.84. The maximum absolute atomic E-state index is 5.06. The highest BCUT2D eigenvalue weighted by Gasteiger charge is 1.95. The smallest absolute Gasteiger partial charge is 0.0175 e. The monoisotopic (exact) mass is 586 g/mol. The molecular weight excluding hydrogens is 559 g/mol. The van der Waals surface area contributed by atoms with E-state index in [4.69, 9.17) is 11.5 Å². The molecule has 0 heterocycles. The molecule has 0 bridgehead atoms. The molecule has 4 heteroatoms. The van der Waals surface area contributed by atoms with E-state index in [1.807, 2.05) is 12.1 Å². The molecule has 0 aliphatic carbocycles. The molecule has 4 rings (SSSR count). The van der Waals surface area contributed by atoms with Gasteiger partial charge in [-0.25, -0.2) is 0 Å². The van der Waals surface area contributed by atoms with Crippen LogP contribution in [0.15, 0.2) is 114 Å². The predicted octanol–water partition coefficient (Wildman–Crippen LogP) is 7.37. The predicted molar refractivity (Wildman–Crippen MR) is 147 cm³/mol. The molecule has 2 nitrogen and oxygen atoms in total. The van der Waals surface area contributed by atoms with Crippen molar-refractivity contribution in [3.05, 3.63) is 117 Å². The van der Waals surface area contributed by atoms with Gasteiger partial charge in [0.15, 0.2) is 0 Å². The zero-order valence-corrected chi connectivity index (χ0v) is 21.2. The molecule has 4 aromatic carbocycles. The lowest BCUT2D eigenvalue weighted by Crippen LogP contribution is -2.06. The van der Waals surface area contributed by atoms with Crippen molar-refractivity contribution < 1.29 is 0 Å². The molecule has 0 fully saturated rings. The maximum atomic E-state index is 5.06. The van der Waals surface area contributed by atoms with Crippen LogP contribution >= 0.6 is 38.5 Å². The average molecular weight is 587 g/mol. The third-order valence-electron chi connectivity index (χ3n) is 4.31. The molecule has 0 saturated heterocycles. The van der Waals surface area contributed by atoms with Crippen LogP contribution in [0.3, 0.4) is 0 Å². The van der Waals surface area contributed by atoms with Gasteiger partial charge >= 0.3 is 0 Å². The largest absolute Gasteiger partial charge is 0.330 e. The van der Waals surface area contributed by atoms with E-state index in [1.54, 1.807) is 0 Å². The van der Waals surface area contributed by atoms with Gasteiger partial charge in [0.2, 0.25) is 0 Å². The van der Waals surface area contributed by atoms with Crippen LogP contribution < -0.4 is 11.5 Å². The van der Waals surface area contributed by atoms with Gasteiger partial charge in [0.1, 0.15) is 0 Å². The normalized spacial score (nSPS) is 9.68. The summed E-state index contributed by atoms with van der Waals surface area (Å²) in [6.07, 6.45) is 0.944. The zero-order chi connectivity index (χ0) is 22.3. The van der Waals surface area contributed by atoms with E-state index in [-0.39, 0.29) is 0 Å². The summed E-state index contributed by atoms with van der Waals surface area (Å²) in [5.41, 5.74) is 15.2. The van der Waals surface area contributed by atoms with Crippen molar-refractivity contribution in [2.45, 2.75) is 6.42 Å². The molecule has 0 amide bonds. The fourth-order valence-corrected chi connectivity index (χ4v) is 3.29. The van der Waals surface area contributed by atoms with Gasteiger partial charge in [0.25, 0.3) is 0 Å². The van der Waals surface area contributed by atoms with E-state index in [1.165, 1.54) is 25.8 Å². The minimum Gasteiger partial charge on any atom is -0.330 e. The molecule has 0 atom stereocenters. The van der Waals surface area contributed by atoms with Gasteiger partial charge in [0.05, 0.1) is 0 Å². The Morgan fingerprint density at radius 2 is 0.871 bits per heavy atom. The Morgan fingerprint density at radius 3 is 1.23 bits per heavy atom. The van der Waals surface area contributed by atoms with Crippen LogP contribution in [0.5, 0.6) is 0 Å². The molecule has 4 N–H and O–H groups in total. The lowest BCUT2D eigenvalue weighted by Gasteiger charge is -2.00. The van der Waals surface area contributed by atoms with Crippen LogP contribution in [0.1, 0.15) is 6.42 Å². The number of benzene rings is 4. The molecule has 0 aromatic heterocycles. The molecule has 0 radical (unpaired) electrons. The number of nitrogens with two attached hydrogens (primary N) is 2. The highest BCUT2D eigenvalue weighted by molar-refractivity contribution is 14.1. The van der Waals surface area contributed by atoms with Crippen LogP contribution in [0, 0.1) is 3.57 Å². The van der Waals surface area contributed by atoms with Crippen molar-refractivity contribution >= 4 is 38.5 Å². The summed E-state index contributed by atoms with van der Waals surface area (Å²) < 4.78 is 2.39. The Balaban J connectivity index is 0.000000182. The van der Waals surface area contributed by atoms with E-state index < -0.39 is 0 Å². The van der Waals surface area contributed by atoms with Gasteiger partial charge in [0, 0.05) is 8.04 Å². The molecule has 0 unspecified atom stereocenters. The van der Waals surface area contributed by atoms with Crippen molar-refractivity contribution in [1.82, 2.24) is 0 Å². The molecule has 160 valence electrons. The van der Waals surface area contributed by atoms with E-state index in [0.717, 1.165) is 24.0 Å². The average Bonchev–Trinajstić information content (AvgIpc) is 2.83. The molecule has 0 saturated carbocycles. The standard InChI is InChI=1S/C12H9Br.C12H9I.C3H10N2/c2*13-12-8-6-11(7-9-12)10-4-2-1-3-5-10;4-2-1-3-5/h2*1-9H;1-5H2. The van der Waals surface area contributed by atoms with E-state index in [2.05, 4.69) is 136 Å². The van der Waals surface area contributed by atoms with Crippen LogP contribution in [0.4, 0.5) is 0 Å². The summed E-state index contributed by atoms with van der Waals surface area (Å²) in [6, 6.07) is 37.7. The summed E-state index contributed by atoms with van der Waals surface area (Å²) in [6.45, 7) is 1.44. The van der Waals surface area contributed by atoms with Gasteiger partial charge in [-0.2, -0.15) is 0 Å². The van der Waals surface area contributed by atoms with Crippen molar-refractivity contribution in [2.75, 3.05) is 13.1 Å². The Labute approximate surface area is 208 Å². The second kappa shape index (κ2) is 14.9. The number of rotatable bonds is 4.